The van der Waals surface area contributed by atoms with Crippen LogP contribution >= 0.6 is 15.9 Å². The average molecular weight is 291 g/mol. The molecule has 0 aliphatic carbocycles. The molecule has 1 heterocycles. The van der Waals surface area contributed by atoms with Gasteiger partial charge in [-0.05, 0) is 28.4 Å². The van der Waals surface area contributed by atoms with Gasteiger partial charge in [-0.25, -0.2) is 13.6 Å². The molecule has 0 bridgehead atoms. The van der Waals surface area contributed by atoms with Crippen LogP contribution in [0.3, 0.4) is 0 Å². The molecule has 2 rings (SSSR count). The summed E-state index contributed by atoms with van der Waals surface area (Å²) in [7, 11) is 0. The molecule has 0 saturated carbocycles. The molecule has 1 fully saturated rings. The molecule has 6 heteroatoms. The first-order valence-corrected chi connectivity index (χ1v) is 5.59. The highest BCUT2D eigenvalue weighted by atomic mass is 79.9. The van der Waals surface area contributed by atoms with Crippen molar-refractivity contribution >= 4 is 27.6 Å². The number of hydrogen-bond acceptors (Lipinski definition) is 1. The summed E-state index contributed by atoms with van der Waals surface area (Å²) < 4.78 is 26.7. The highest BCUT2D eigenvalue weighted by molar-refractivity contribution is 9.10. The van der Waals surface area contributed by atoms with Crippen molar-refractivity contribution in [3.8, 4) is 0 Å². The van der Waals surface area contributed by atoms with Crippen molar-refractivity contribution in [3.05, 3.63) is 28.2 Å². The predicted molar refractivity (Wildman–Crippen MR) is 59.4 cm³/mol. The molecule has 16 heavy (non-hydrogen) atoms. The molecule has 0 atom stereocenters. The summed E-state index contributed by atoms with van der Waals surface area (Å²) in [5, 5.41) is 2.61. The topological polar surface area (TPSA) is 32.3 Å². The van der Waals surface area contributed by atoms with Gasteiger partial charge >= 0.3 is 6.03 Å². The van der Waals surface area contributed by atoms with E-state index >= 15 is 0 Å². The molecule has 1 aromatic rings. The zero-order chi connectivity index (χ0) is 11.7. The van der Waals surface area contributed by atoms with Crippen LogP contribution in [-0.2, 0) is 0 Å². The maximum atomic E-state index is 13.6. The highest BCUT2D eigenvalue weighted by Crippen LogP contribution is 2.31. The lowest BCUT2D eigenvalue weighted by Crippen LogP contribution is -2.47. The maximum absolute atomic E-state index is 13.6. The smallest absolute Gasteiger partial charge is 0.322 e. The summed E-state index contributed by atoms with van der Waals surface area (Å²) in [6, 6.07) is 1.54. The van der Waals surface area contributed by atoms with Gasteiger partial charge in [0, 0.05) is 23.6 Å². The summed E-state index contributed by atoms with van der Waals surface area (Å²) >= 11 is 3.06. The summed E-state index contributed by atoms with van der Waals surface area (Å²) in [5.41, 5.74) is 0.0820. The average Bonchev–Trinajstić information content (AvgIpc) is 2.19. The Morgan fingerprint density at radius 2 is 2.12 bits per heavy atom. The second-order valence-electron chi connectivity index (χ2n) is 3.46. The number of rotatable bonds is 1. The van der Waals surface area contributed by atoms with Crippen molar-refractivity contribution in [2.45, 2.75) is 6.42 Å². The van der Waals surface area contributed by atoms with Crippen LogP contribution in [0, 0.1) is 11.6 Å². The fraction of sp³-hybridized carbons (Fsp3) is 0.300. The second kappa shape index (κ2) is 4.37. The van der Waals surface area contributed by atoms with Gasteiger partial charge in [-0.2, -0.15) is 0 Å². The van der Waals surface area contributed by atoms with E-state index in [4.69, 9.17) is 0 Å². The van der Waals surface area contributed by atoms with Crippen molar-refractivity contribution in [3.63, 3.8) is 0 Å². The second-order valence-corrected chi connectivity index (χ2v) is 4.31. The van der Waals surface area contributed by atoms with E-state index in [2.05, 4.69) is 21.2 Å². The number of carbonyl (C=O) groups is 1. The molecule has 1 saturated heterocycles. The van der Waals surface area contributed by atoms with Crippen LogP contribution in [0.4, 0.5) is 19.3 Å². The number of nitrogens with zero attached hydrogens (tertiary/aromatic N) is 1. The standard InChI is InChI=1S/C10H9BrF2N2O/c11-7-4-6(12)5-8(13)9(7)15-3-1-2-14-10(15)16/h4-5H,1-3H2,(H,14,16). The lowest BCUT2D eigenvalue weighted by Gasteiger charge is -2.28. The van der Waals surface area contributed by atoms with Crippen LogP contribution < -0.4 is 10.2 Å². The number of halogens is 3. The van der Waals surface area contributed by atoms with Gasteiger partial charge in [0.25, 0.3) is 0 Å². The summed E-state index contributed by atoms with van der Waals surface area (Å²) in [4.78, 5) is 12.8. The molecular weight excluding hydrogens is 282 g/mol. The molecule has 3 nitrogen and oxygen atoms in total. The zero-order valence-corrected chi connectivity index (χ0v) is 9.85. The Labute approximate surface area is 99.6 Å². The molecule has 1 N–H and O–H groups in total. The fourth-order valence-electron chi connectivity index (χ4n) is 1.64. The number of carbonyl (C=O) groups excluding carboxylic acids is 1. The minimum absolute atomic E-state index is 0.0820. The normalized spacial score (nSPS) is 16.2. The number of hydrogen-bond donors (Lipinski definition) is 1. The monoisotopic (exact) mass is 290 g/mol. The van der Waals surface area contributed by atoms with Crippen LogP contribution in [0.1, 0.15) is 6.42 Å². The summed E-state index contributed by atoms with van der Waals surface area (Å²) in [6.07, 6.45) is 0.731. The van der Waals surface area contributed by atoms with Gasteiger partial charge in [-0.3, -0.25) is 4.90 Å². The first-order valence-electron chi connectivity index (χ1n) is 4.79. The minimum atomic E-state index is -0.746. The molecule has 0 unspecified atom stereocenters. The molecular formula is C10H9BrF2N2O. The number of amides is 2. The zero-order valence-electron chi connectivity index (χ0n) is 8.27. The van der Waals surface area contributed by atoms with Crippen LogP contribution in [-0.4, -0.2) is 19.1 Å². The van der Waals surface area contributed by atoms with Gasteiger partial charge in [-0.15, -0.1) is 0 Å². The third-order valence-electron chi connectivity index (χ3n) is 2.33. The van der Waals surface area contributed by atoms with E-state index in [1.165, 1.54) is 4.90 Å². The Hall–Kier alpha value is -1.17. The van der Waals surface area contributed by atoms with Gasteiger partial charge < -0.3 is 5.32 Å². The van der Waals surface area contributed by atoms with E-state index < -0.39 is 11.6 Å². The van der Waals surface area contributed by atoms with Crippen molar-refractivity contribution in [2.24, 2.45) is 0 Å². The van der Waals surface area contributed by atoms with E-state index in [1.54, 1.807) is 0 Å². The van der Waals surface area contributed by atoms with Crippen molar-refractivity contribution in [1.29, 1.82) is 0 Å². The number of nitrogens with one attached hydrogen (secondary N) is 1. The third kappa shape index (κ3) is 2.02. The highest BCUT2D eigenvalue weighted by Gasteiger charge is 2.24. The van der Waals surface area contributed by atoms with Crippen molar-refractivity contribution in [2.75, 3.05) is 18.0 Å². The van der Waals surface area contributed by atoms with Gasteiger partial charge in [0.2, 0.25) is 0 Å². The molecule has 1 aliphatic heterocycles. The van der Waals surface area contributed by atoms with E-state index in [9.17, 15) is 13.6 Å². The van der Waals surface area contributed by atoms with E-state index in [1.807, 2.05) is 0 Å². The number of urea groups is 1. The molecule has 86 valence electrons. The van der Waals surface area contributed by atoms with Gasteiger partial charge in [0.15, 0.2) is 5.82 Å². The van der Waals surface area contributed by atoms with Gasteiger partial charge in [-0.1, -0.05) is 0 Å². The molecule has 1 aliphatic rings. The predicted octanol–water partition coefficient (Wildman–Crippen LogP) is 2.65. The number of anilines is 1. The SMILES string of the molecule is O=C1NCCCN1c1c(F)cc(F)cc1Br. The largest absolute Gasteiger partial charge is 0.338 e. The van der Waals surface area contributed by atoms with Crippen LogP contribution in [0.25, 0.3) is 0 Å². The molecule has 0 aromatic heterocycles. The van der Waals surface area contributed by atoms with Crippen LogP contribution in [0.15, 0.2) is 16.6 Å². The molecule has 2 amide bonds. The van der Waals surface area contributed by atoms with Gasteiger partial charge in [0.1, 0.15) is 5.82 Å². The summed E-state index contributed by atoms with van der Waals surface area (Å²) in [5.74, 6) is -1.42. The maximum Gasteiger partial charge on any atom is 0.322 e. The van der Waals surface area contributed by atoms with Crippen LogP contribution in [0.5, 0.6) is 0 Å². The molecule has 0 spiro atoms. The summed E-state index contributed by atoms with van der Waals surface area (Å²) in [6.45, 7) is 1.00. The van der Waals surface area contributed by atoms with Crippen LogP contribution in [0.2, 0.25) is 0 Å². The lowest BCUT2D eigenvalue weighted by atomic mass is 10.2. The Morgan fingerprint density at radius 3 is 2.75 bits per heavy atom. The Bertz CT molecular complexity index is 416. The quantitative estimate of drug-likeness (QED) is 0.847. The first-order chi connectivity index (χ1) is 7.59. The number of benzene rings is 1. The molecule has 0 radical (unpaired) electrons. The fourth-order valence-corrected chi connectivity index (χ4v) is 2.26. The van der Waals surface area contributed by atoms with E-state index in [0.29, 0.717) is 13.1 Å². The van der Waals surface area contributed by atoms with Crippen molar-refractivity contribution in [1.82, 2.24) is 5.32 Å². The Balaban J connectivity index is 2.42. The first kappa shape index (κ1) is 11.3. The van der Waals surface area contributed by atoms with Gasteiger partial charge in [0.05, 0.1) is 5.69 Å². The van der Waals surface area contributed by atoms with E-state index in [-0.39, 0.29) is 16.2 Å². The molecule has 1 aromatic carbocycles. The third-order valence-corrected chi connectivity index (χ3v) is 2.94. The van der Waals surface area contributed by atoms with Crippen molar-refractivity contribution < 1.29 is 13.6 Å². The minimum Gasteiger partial charge on any atom is -0.338 e. The Morgan fingerprint density at radius 1 is 1.38 bits per heavy atom. The Kier molecular flexibility index (Phi) is 3.09. The van der Waals surface area contributed by atoms with E-state index in [0.717, 1.165) is 18.6 Å². The lowest BCUT2D eigenvalue weighted by molar-refractivity contribution is 0.242.